The highest BCUT2D eigenvalue weighted by molar-refractivity contribution is 5.81. The van der Waals surface area contributed by atoms with Crippen molar-refractivity contribution in [3.63, 3.8) is 0 Å². The second-order valence-electron chi connectivity index (χ2n) is 3.08. The summed E-state index contributed by atoms with van der Waals surface area (Å²) in [7, 11) is 0. The second-order valence-corrected chi connectivity index (χ2v) is 3.08. The van der Waals surface area contributed by atoms with Crippen LogP contribution < -0.4 is 0 Å². The van der Waals surface area contributed by atoms with Gasteiger partial charge in [-0.15, -0.1) is 4.99 Å². The molecule has 0 saturated carbocycles. The van der Waals surface area contributed by atoms with E-state index in [1.807, 2.05) is 31.2 Å². The molecule has 0 aliphatic heterocycles. The van der Waals surface area contributed by atoms with Gasteiger partial charge in [0.2, 0.25) is 6.08 Å². The third kappa shape index (κ3) is 3.33. The number of carbonyl (C=O) groups excluding carboxylic acids is 2. The maximum atomic E-state index is 10.9. The molecular formula is C11H11NO2. The van der Waals surface area contributed by atoms with Crippen molar-refractivity contribution in [2.45, 2.75) is 19.8 Å². The molecule has 0 bridgehead atoms. The van der Waals surface area contributed by atoms with Gasteiger partial charge in [-0.1, -0.05) is 29.8 Å². The van der Waals surface area contributed by atoms with Crippen LogP contribution in [0.25, 0.3) is 0 Å². The molecule has 1 aromatic carbocycles. The molecule has 0 fully saturated rings. The summed E-state index contributed by atoms with van der Waals surface area (Å²) < 4.78 is 0. The fraction of sp³-hybridized carbons (Fsp3) is 0.273. The number of isocyanates is 1. The number of amides is 1. The van der Waals surface area contributed by atoms with Crippen molar-refractivity contribution in [3.05, 3.63) is 35.4 Å². The Morgan fingerprint density at radius 2 is 2.00 bits per heavy atom. The summed E-state index contributed by atoms with van der Waals surface area (Å²) in [6.07, 6.45) is 2.12. The largest absolute Gasteiger partial charge is 0.272 e. The molecule has 3 nitrogen and oxygen atoms in total. The predicted molar refractivity (Wildman–Crippen MR) is 52.6 cm³/mol. The lowest BCUT2D eigenvalue weighted by Crippen LogP contribution is -1.95. The summed E-state index contributed by atoms with van der Waals surface area (Å²) in [5.74, 6) is -0.416. The Balaban J connectivity index is 2.49. The zero-order valence-electron chi connectivity index (χ0n) is 7.99. The average Bonchev–Trinajstić information content (AvgIpc) is 2.17. The van der Waals surface area contributed by atoms with Crippen LogP contribution in [0.1, 0.15) is 17.5 Å². The lowest BCUT2D eigenvalue weighted by atomic mass is 10.1. The van der Waals surface area contributed by atoms with Crippen LogP contribution in [0.2, 0.25) is 0 Å². The first-order valence-electron chi connectivity index (χ1n) is 4.38. The van der Waals surface area contributed by atoms with Gasteiger partial charge >= 0.3 is 0 Å². The normalized spacial score (nSPS) is 9.21. The molecule has 0 heterocycles. The van der Waals surface area contributed by atoms with Crippen molar-refractivity contribution in [3.8, 4) is 0 Å². The SMILES string of the molecule is Cc1ccc(CCC(=O)N=C=O)cc1. The van der Waals surface area contributed by atoms with Crippen LogP contribution in [-0.4, -0.2) is 12.0 Å². The third-order valence-electron chi connectivity index (χ3n) is 1.92. The Bertz CT molecular complexity index is 361. The number of benzene rings is 1. The van der Waals surface area contributed by atoms with Crippen molar-refractivity contribution in [2.75, 3.05) is 0 Å². The first kappa shape index (κ1) is 10.4. The van der Waals surface area contributed by atoms with Crippen molar-refractivity contribution < 1.29 is 9.59 Å². The van der Waals surface area contributed by atoms with Gasteiger partial charge in [0.1, 0.15) is 0 Å². The van der Waals surface area contributed by atoms with Crippen molar-refractivity contribution in [1.29, 1.82) is 0 Å². The van der Waals surface area contributed by atoms with Crippen molar-refractivity contribution in [2.24, 2.45) is 4.99 Å². The van der Waals surface area contributed by atoms with Crippen LogP contribution in [0, 0.1) is 6.92 Å². The van der Waals surface area contributed by atoms with E-state index in [0.717, 1.165) is 5.56 Å². The van der Waals surface area contributed by atoms with E-state index in [9.17, 15) is 9.59 Å². The topological polar surface area (TPSA) is 46.5 Å². The monoisotopic (exact) mass is 189 g/mol. The molecule has 0 atom stereocenters. The lowest BCUT2D eigenvalue weighted by Gasteiger charge is -1.98. The minimum Gasteiger partial charge on any atom is -0.272 e. The van der Waals surface area contributed by atoms with E-state index in [4.69, 9.17) is 0 Å². The molecule has 1 rings (SSSR count). The molecule has 3 heteroatoms. The van der Waals surface area contributed by atoms with Crippen LogP contribution in [0.5, 0.6) is 0 Å². The summed E-state index contributed by atoms with van der Waals surface area (Å²) in [5.41, 5.74) is 2.26. The highest BCUT2D eigenvalue weighted by atomic mass is 16.2. The van der Waals surface area contributed by atoms with Gasteiger partial charge in [0.25, 0.3) is 5.91 Å². The Hall–Kier alpha value is -1.73. The van der Waals surface area contributed by atoms with Gasteiger partial charge in [-0.05, 0) is 18.9 Å². The maximum absolute atomic E-state index is 10.9. The van der Waals surface area contributed by atoms with E-state index in [-0.39, 0.29) is 6.42 Å². The number of aliphatic imine (C=N–C) groups is 1. The average molecular weight is 189 g/mol. The van der Waals surface area contributed by atoms with Gasteiger partial charge in [0.05, 0.1) is 0 Å². The van der Waals surface area contributed by atoms with Crippen LogP contribution in [0.4, 0.5) is 0 Å². The number of nitrogens with zero attached hydrogens (tertiary/aromatic N) is 1. The van der Waals surface area contributed by atoms with Gasteiger partial charge < -0.3 is 0 Å². The molecule has 1 amide bonds. The zero-order chi connectivity index (χ0) is 10.4. The molecule has 14 heavy (non-hydrogen) atoms. The standard InChI is InChI=1S/C11H11NO2/c1-9-2-4-10(5-3-9)6-7-11(14)12-8-13/h2-5H,6-7H2,1H3. The third-order valence-corrected chi connectivity index (χ3v) is 1.92. The van der Waals surface area contributed by atoms with E-state index in [1.54, 1.807) is 0 Å². The first-order valence-corrected chi connectivity index (χ1v) is 4.38. The minimum absolute atomic E-state index is 0.262. The van der Waals surface area contributed by atoms with Crippen LogP contribution >= 0.6 is 0 Å². The number of hydrogen-bond acceptors (Lipinski definition) is 2. The molecule has 0 aliphatic carbocycles. The molecule has 72 valence electrons. The zero-order valence-corrected chi connectivity index (χ0v) is 7.99. The molecule has 0 saturated heterocycles. The quantitative estimate of drug-likeness (QED) is 0.537. The Kier molecular flexibility index (Phi) is 3.77. The Morgan fingerprint density at radius 1 is 1.36 bits per heavy atom. The predicted octanol–water partition coefficient (Wildman–Crippen LogP) is 1.79. The van der Waals surface area contributed by atoms with Crippen LogP contribution in [0.15, 0.2) is 29.3 Å². The molecule has 0 N–H and O–H groups in total. The minimum atomic E-state index is -0.416. The van der Waals surface area contributed by atoms with Crippen LogP contribution in [-0.2, 0) is 16.0 Å². The molecular weight excluding hydrogens is 178 g/mol. The van der Waals surface area contributed by atoms with Crippen LogP contribution in [0.3, 0.4) is 0 Å². The van der Waals surface area contributed by atoms with Crippen molar-refractivity contribution in [1.82, 2.24) is 0 Å². The number of rotatable bonds is 3. The van der Waals surface area contributed by atoms with Gasteiger partial charge in [-0.3, -0.25) is 4.79 Å². The highest BCUT2D eigenvalue weighted by Crippen LogP contribution is 2.05. The van der Waals surface area contributed by atoms with Gasteiger partial charge in [-0.2, -0.15) is 0 Å². The second kappa shape index (κ2) is 5.10. The maximum Gasteiger partial charge on any atom is 0.256 e. The summed E-state index contributed by atoms with van der Waals surface area (Å²) in [4.78, 5) is 23.6. The van der Waals surface area contributed by atoms with Crippen molar-refractivity contribution >= 4 is 12.0 Å². The number of aryl methyl sites for hydroxylation is 2. The van der Waals surface area contributed by atoms with E-state index < -0.39 is 5.91 Å². The van der Waals surface area contributed by atoms with E-state index in [1.165, 1.54) is 11.6 Å². The lowest BCUT2D eigenvalue weighted by molar-refractivity contribution is -0.117. The van der Waals surface area contributed by atoms with E-state index in [0.29, 0.717) is 6.42 Å². The Labute approximate surface area is 82.5 Å². The molecule has 0 aliphatic rings. The molecule has 0 aromatic heterocycles. The summed E-state index contributed by atoms with van der Waals surface area (Å²) >= 11 is 0. The number of carbonyl (C=O) groups is 1. The smallest absolute Gasteiger partial charge is 0.256 e. The molecule has 0 spiro atoms. The van der Waals surface area contributed by atoms with E-state index >= 15 is 0 Å². The molecule has 0 unspecified atom stereocenters. The first-order chi connectivity index (χ1) is 6.72. The van der Waals surface area contributed by atoms with Gasteiger partial charge in [0, 0.05) is 6.42 Å². The fourth-order valence-electron chi connectivity index (χ4n) is 1.11. The molecule has 1 aromatic rings. The van der Waals surface area contributed by atoms with E-state index in [2.05, 4.69) is 4.99 Å². The molecule has 0 radical (unpaired) electrons. The summed E-state index contributed by atoms with van der Waals surface area (Å²) in [5, 5.41) is 0. The Morgan fingerprint density at radius 3 is 2.57 bits per heavy atom. The number of hydrogen-bond donors (Lipinski definition) is 0. The summed E-state index contributed by atoms with van der Waals surface area (Å²) in [6.45, 7) is 2.01. The highest BCUT2D eigenvalue weighted by Gasteiger charge is 1.99. The summed E-state index contributed by atoms with van der Waals surface area (Å²) in [6, 6.07) is 7.91. The van der Waals surface area contributed by atoms with Gasteiger partial charge in [-0.25, -0.2) is 4.79 Å². The fourth-order valence-corrected chi connectivity index (χ4v) is 1.11. The van der Waals surface area contributed by atoms with Gasteiger partial charge in [0.15, 0.2) is 0 Å².